The van der Waals surface area contributed by atoms with Gasteiger partial charge in [-0.25, -0.2) is 4.79 Å². The molecular weight excluding hydrogens is 547 g/mol. The molecule has 0 spiro atoms. The van der Waals surface area contributed by atoms with Crippen molar-refractivity contribution in [3.63, 3.8) is 0 Å². The third kappa shape index (κ3) is 4.97. The summed E-state index contributed by atoms with van der Waals surface area (Å²) in [6.07, 6.45) is 3.69. The quantitative estimate of drug-likeness (QED) is 0.316. The predicted octanol–water partition coefficient (Wildman–Crippen LogP) is 5.14. The van der Waals surface area contributed by atoms with Crippen LogP contribution in [0, 0.1) is 0 Å². The van der Waals surface area contributed by atoms with Crippen molar-refractivity contribution in [3.05, 3.63) is 74.3 Å². The zero-order valence-electron chi connectivity index (χ0n) is 22.9. The van der Waals surface area contributed by atoms with Crippen molar-refractivity contribution in [2.24, 2.45) is 7.05 Å². The number of fused-ring (bicyclic) bond motifs is 2. The maximum atomic E-state index is 13.0. The highest BCUT2D eigenvalue weighted by molar-refractivity contribution is 6.42. The van der Waals surface area contributed by atoms with Crippen molar-refractivity contribution >= 4 is 40.1 Å². The number of imidazole rings is 1. The van der Waals surface area contributed by atoms with Crippen molar-refractivity contribution in [2.75, 3.05) is 26.2 Å². The topological polar surface area (TPSA) is 68.3 Å². The second kappa shape index (κ2) is 11.1. The number of para-hydroxylation sites is 2. The van der Waals surface area contributed by atoms with Crippen molar-refractivity contribution in [1.82, 2.24) is 28.7 Å². The summed E-state index contributed by atoms with van der Waals surface area (Å²) in [6.45, 7) is 6.62. The number of hydrogen-bond donors (Lipinski definition) is 0. The molecule has 0 N–H and O–H groups in total. The Labute approximate surface area is 243 Å². The number of nitrogens with zero attached hydrogens (tertiary/aromatic N) is 6. The number of carbonyl (C=O) groups is 1. The van der Waals surface area contributed by atoms with Crippen LogP contribution in [0.5, 0.6) is 0 Å². The monoisotopic (exact) mass is 580 g/mol. The van der Waals surface area contributed by atoms with Gasteiger partial charge in [0.15, 0.2) is 0 Å². The molecule has 4 aromatic rings. The van der Waals surface area contributed by atoms with E-state index in [1.165, 1.54) is 5.69 Å². The summed E-state index contributed by atoms with van der Waals surface area (Å²) in [5.74, 6) is 0.0765. The number of likely N-dealkylation sites (tertiary alicyclic amines) is 1. The molecule has 4 heterocycles. The Balaban J connectivity index is 1.13. The van der Waals surface area contributed by atoms with E-state index in [1.54, 1.807) is 17.6 Å². The Morgan fingerprint density at radius 2 is 1.75 bits per heavy atom. The molecule has 0 radical (unpaired) electrons. The maximum Gasteiger partial charge on any atom is 0.329 e. The molecule has 1 amide bonds. The van der Waals surface area contributed by atoms with E-state index in [0.29, 0.717) is 23.1 Å². The van der Waals surface area contributed by atoms with Crippen molar-refractivity contribution in [2.45, 2.75) is 51.7 Å². The zero-order chi connectivity index (χ0) is 28.0. The Morgan fingerprint density at radius 1 is 1.00 bits per heavy atom. The van der Waals surface area contributed by atoms with Gasteiger partial charge in [0.25, 0.3) is 0 Å². The highest BCUT2D eigenvalue weighted by Crippen LogP contribution is 2.34. The molecule has 10 heteroatoms. The SMILES string of the molecule is CC(=O)N1CCc2c(c(-c3ccc(Cl)c(Cl)c3)nn2CCCN2CCC(n3c(=O)n(C)c4ccccc43)CC2)C1. The third-order valence-corrected chi connectivity index (χ3v) is 9.27. The van der Waals surface area contributed by atoms with Gasteiger partial charge in [-0.05, 0) is 50.1 Å². The summed E-state index contributed by atoms with van der Waals surface area (Å²) in [5, 5.41) is 6.03. The second-order valence-corrected chi connectivity index (χ2v) is 11.8. The lowest BCUT2D eigenvalue weighted by molar-refractivity contribution is -0.129. The van der Waals surface area contributed by atoms with Crippen LogP contribution in [0.2, 0.25) is 10.0 Å². The third-order valence-electron chi connectivity index (χ3n) is 8.53. The molecule has 0 saturated carbocycles. The first-order chi connectivity index (χ1) is 19.3. The number of rotatable bonds is 6. The van der Waals surface area contributed by atoms with E-state index < -0.39 is 0 Å². The molecule has 1 fully saturated rings. The Kier molecular flexibility index (Phi) is 7.50. The zero-order valence-corrected chi connectivity index (χ0v) is 24.5. The van der Waals surface area contributed by atoms with Crippen LogP contribution in [0.25, 0.3) is 22.3 Å². The van der Waals surface area contributed by atoms with Crippen molar-refractivity contribution < 1.29 is 4.79 Å². The van der Waals surface area contributed by atoms with Crippen LogP contribution in [-0.4, -0.2) is 60.8 Å². The molecule has 0 aliphatic carbocycles. The van der Waals surface area contributed by atoms with Gasteiger partial charge in [0, 0.05) is 76.0 Å². The van der Waals surface area contributed by atoms with Gasteiger partial charge in [0.05, 0.1) is 26.8 Å². The van der Waals surface area contributed by atoms with E-state index in [0.717, 1.165) is 79.7 Å². The van der Waals surface area contributed by atoms with Gasteiger partial charge in [-0.3, -0.25) is 18.6 Å². The Morgan fingerprint density at radius 3 is 2.48 bits per heavy atom. The molecular formula is C30H34Cl2N6O2. The van der Waals surface area contributed by atoms with E-state index in [1.807, 2.05) is 46.8 Å². The van der Waals surface area contributed by atoms with Gasteiger partial charge < -0.3 is 9.80 Å². The standard InChI is InChI=1S/C30H34Cl2N6O2/c1-20(39)36-17-12-26-23(19-36)29(21-8-9-24(31)25(32)18-21)33-37(26)14-5-13-35-15-10-22(11-16-35)38-28-7-4-3-6-27(28)34(2)30(38)40/h3-4,6-9,18,22H,5,10-17,19H2,1-2H3. The predicted molar refractivity (Wildman–Crippen MR) is 159 cm³/mol. The lowest BCUT2D eigenvalue weighted by Gasteiger charge is -2.32. The molecule has 0 atom stereocenters. The maximum absolute atomic E-state index is 13.0. The summed E-state index contributed by atoms with van der Waals surface area (Å²) in [7, 11) is 1.86. The first-order valence-corrected chi connectivity index (χ1v) is 14.7. The number of piperidine rings is 1. The molecule has 0 unspecified atom stereocenters. The van der Waals surface area contributed by atoms with Gasteiger partial charge in [0.1, 0.15) is 0 Å². The van der Waals surface area contributed by atoms with Gasteiger partial charge in [-0.15, -0.1) is 0 Å². The average Bonchev–Trinajstić information content (AvgIpc) is 3.45. The largest absolute Gasteiger partial charge is 0.338 e. The van der Waals surface area contributed by atoms with E-state index in [2.05, 4.69) is 15.6 Å². The van der Waals surface area contributed by atoms with E-state index in [9.17, 15) is 9.59 Å². The second-order valence-electron chi connectivity index (χ2n) is 10.9. The minimum atomic E-state index is 0.0734. The van der Waals surface area contributed by atoms with Gasteiger partial charge in [0.2, 0.25) is 5.91 Å². The number of halogens is 2. The lowest BCUT2D eigenvalue weighted by Crippen LogP contribution is -2.38. The van der Waals surface area contributed by atoms with E-state index in [-0.39, 0.29) is 17.6 Å². The number of aryl methyl sites for hydroxylation is 2. The number of carbonyl (C=O) groups excluding carboxylic acids is 1. The van der Waals surface area contributed by atoms with Crippen LogP contribution in [0.4, 0.5) is 0 Å². The Hall–Kier alpha value is -3.07. The molecule has 6 rings (SSSR count). The first kappa shape index (κ1) is 27.1. The number of amides is 1. The number of hydrogen-bond acceptors (Lipinski definition) is 4. The molecule has 40 heavy (non-hydrogen) atoms. The van der Waals surface area contributed by atoms with Crippen molar-refractivity contribution in [3.8, 4) is 11.3 Å². The van der Waals surface area contributed by atoms with E-state index >= 15 is 0 Å². The molecule has 0 bridgehead atoms. The van der Waals surface area contributed by atoms with Crippen LogP contribution in [-0.2, 0) is 31.4 Å². The number of benzene rings is 2. The van der Waals surface area contributed by atoms with Gasteiger partial charge >= 0.3 is 5.69 Å². The minimum Gasteiger partial charge on any atom is -0.338 e. The smallest absolute Gasteiger partial charge is 0.329 e. The Bertz CT molecular complexity index is 1630. The highest BCUT2D eigenvalue weighted by Gasteiger charge is 2.28. The summed E-state index contributed by atoms with van der Waals surface area (Å²) >= 11 is 12.5. The molecule has 2 aromatic heterocycles. The summed E-state index contributed by atoms with van der Waals surface area (Å²) in [4.78, 5) is 29.5. The van der Waals surface area contributed by atoms with Crippen LogP contribution in [0.1, 0.15) is 43.5 Å². The molecule has 2 aromatic carbocycles. The van der Waals surface area contributed by atoms with Crippen LogP contribution < -0.4 is 5.69 Å². The van der Waals surface area contributed by atoms with Crippen LogP contribution >= 0.6 is 23.2 Å². The van der Waals surface area contributed by atoms with Crippen LogP contribution in [0.3, 0.4) is 0 Å². The van der Waals surface area contributed by atoms with Gasteiger partial charge in [-0.2, -0.15) is 5.10 Å². The van der Waals surface area contributed by atoms with Gasteiger partial charge in [-0.1, -0.05) is 41.4 Å². The molecule has 210 valence electrons. The molecule has 8 nitrogen and oxygen atoms in total. The fourth-order valence-electron chi connectivity index (χ4n) is 6.34. The molecule has 1 saturated heterocycles. The molecule has 2 aliphatic rings. The first-order valence-electron chi connectivity index (χ1n) is 14.0. The highest BCUT2D eigenvalue weighted by atomic mass is 35.5. The van der Waals surface area contributed by atoms with E-state index in [4.69, 9.17) is 28.3 Å². The average molecular weight is 582 g/mol. The lowest BCUT2D eigenvalue weighted by atomic mass is 10.0. The summed E-state index contributed by atoms with van der Waals surface area (Å²) in [5.41, 5.74) is 6.18. The minimum absolute atomic E-state index is 0.0734. The van der Waals surface area contributed by atoms with Crippen molar-refractivity contribution in [1.29, 1.82) is 0 Å². The fraction of sp³-hybridized carbons (Fsp3) is 0.433. The number of aromatic nitrogens is 4. The van der Waals surface area contributed by atoms with Crippen LogP contribution in [0.15, 0.2) is 47.3 Å². The molecule has 2 aliphatic heterocycles. The normalized spacial score (nSPS) is 16.6. The fourth-order valence-corrected chi connectivity index (χ4v) is 6.64. The summed E-state index contributed by atoms with van der Waals surface area (Å²) < 4.78 is 5.89. The summed E-state index contributed by atoms with van der Waals surface area (Å²) in [6, 6.07) is 13.9.